The summed E-state index contributed by atoms with van der Waals surface area (Å²) >= 11 is 2.22. The zero-order valence-electron chi connectivity index (χ0n) is 10.7. The lowest BCUT2D eigenvalue weighted by Crippen LogP contribution is -2.08. The maximum Gasteiger partial charge on any atom is 0.194 e. The van der Waals surface area contributed by atoms with Gasteiger partial charge in [0.25, 0.3) is 0 Å². The molecule has 0 amide bonds. The van der Waals surface area contributed by atoms with Crippen molar-refractivity contribution >= 4 is 28.4 Å². The summed E-state index contributed by atoms with van der Waals surface area (Å²) in [6.45, 7) is 0. The lowest BCUT2D eigenvalue weighted by atomic mass is 9.89. The zero-order valence-corrected chi connectivity index (χ0v) is 12.8. The number of rotatable bonds is 2. The van der Waals surface area contributed by atoms with Gasteiger partial charge in [-0.3, -0.25) is 4.79 Å². The van der Waals surface area contributed by atoms with E-state index >= 15 is 0 Å². The summed E-state index contributed by atoms with van der Waals surface area (Å²) in [5, 5.41) is 0. The number of fused-ring (bicyclic) bond motifs is 1. The molecule has 3 rings (SSSR count). The Kier molecular flexibility index (Phi) is 3.69. The van der Waals surface area contributed by atoms with Crippen LogP contribution in [0.5, 0.6) is 0 Å². The monoisotopic (exact) mass is 362 g/mol. The number of aryl methyl sites for hydroxylation is 2. The van der Waals surface area contributed by atoms with E-state index in [0.29, 0.717) is 0 Å². The summed E-state index contributed by atoms with van der Waals surface area (Å²) < 4.78 is 1.02. The van der Waals surface area contributed by atoms with E-state index in [1.807, 2.05) is 30.3 Å². The van der Waals surface area contributed by atoms with Gasteiger partial charge < -0.3 is 0 Å². The standard InChI is InChI=1S/C17H15IO/c18-16-8-4-3-7-15(16)17(19)14-10-9-12-5-1-2-6-13(12)11-14/h3-4,7-11H,1-2,5-6H2. The van der Waals surface area contributed by atoms with E-state index in [1.54, 1.807) is 0 Å². The Bertz CT molecular complexity index is 631. The van der Waals surface area contributed by atoms with E-state index in [-0.39, 0.29) is 5.78 Å². The van der Waals surface area contributed by atoms with Gasteiger partial charge in [-0.15, -0.1) is 0 Å². The predicted octanol–water partition coefficient (Wildman–Crippen LogP) is 4.40. The maximum atomic E-state index is 12.5. The second-order valence-electron chi connectivity index (χ2n) is 5.00. The number of carbonyl (C=O) groups is 1. The van der Waals surface area contributed by atoms with Gasteiger partial charge in [0.2, 0.25) is 0 Å². The fourth-order valence-corrected chi connectivity index (χ4v) is 3.31. The van der Waals surface area contributed by atoms with Crippen LogP contribution in [0.1, 0.15) is 39.9 Å². The number of carbonyl (C=O) groups excluding carboxylic acids is 1. The van der Waals surface area contributed by atoms with E-state index < -0.39 is 0 Å². The lowest BCUT2D eigenvalue weighted by molar-refractivity contribution is 0.103. The SMILES string of the molecule is O=C(c1ccc2c(c1)CCCC2)c1ccccc1I. The smallest absolute Gasteiger partial charge is 0.194 e. The van der Waals surface area contributed by atoms with E-state index in [2.05, 4.69) is 34.7 Å². The Morgan fingerprint density at radius 1 is 0.947 bits per heavy atom. The molecule has 0 N–H and O–H groups in total. The zero-order chi connectivity index (χ0) is 13.2. The van der Waals surface area contributed by atoms with Gasteiger partial charge in [-0.1, -0.05) is 24.3 Å². The average Bonchev–Trinajstić information content (AvgIpc) is 2.46. The molecule has 1 aliphatic rings. The minimum Gasteiger partial charge on any atom is -0.289 e. The molecule has 0 fully saturated rings. The maximum absolute atomic E-state index is 12.5. The van der Waals surface area contributed by atoms with Crippen LogP contribution in [0.25, 0.3) is 0 Å². The molecule has 0 bridgehead atoms. The van der Waals surface area contributed by atoms with Gasteiger partial charge in [0.1, 0.15) is 0 Å². The van der Waals surface area contributed by atoms with Crippen molar-refractivity contribution in [2.75, 3.05) is 0 Å². The van der Waals surface area contributed by atoms with Crippen molar-refractivity contribution in [2.24, 2.45) is 0 Å². The third-order valence-electron chi connectivity index (χ3n) is 3.73. The summed E-state index contributed by atoms with van der Waals surface area (Å²) in [6, 6.07) is 14.0. The van der Waals surface area contributed by atoms with Crippen molar-refractivity contribution in [3.63, 3.8) is 0 Å². The first-order valence-electron chi connectivity index (χ1n) is 6.67. The molecule has 0 radical (unpaired) electrons. The minimum absolute atomic E-state index is 0.137. The number of ketones is 1. The Labute approximate surface area is 127 Å². The molecule has 1 nitrogen and oxygen atoms in total. The highest BCUT2D eigenvalue weighted by molar-refractivity contribution is 14.1. The van der Waals surface area contributed by atoms with Gasteiger partial charge in [-0.05, 0) is 77.6 Å². The Hall–Kier alpha value is -1.16. The summed E-state index contributed by atoms with van der Waals surface area (Å²) in [6.07, 6.45) is 4.79. The molecule has 0 atom stereocenters. The normalized spacial score (nSPS) is 13.9. The molecule has 0 unspecified atom stereocenters. The predicted molar refractivity (Wildman–Crippen MR) is 85.7 cm³/mol. The minimum atomic E-state index is 0.137. The van der Waals surface area contributed by atoms with Crippen molar-refractivity contribution < 1.29 is 4.79 Å². The molecular weight excluding hydrogens is 347 g/mol. The number of halogens is 1. The fourth-order valence-electron chi connectivity index (χ4n) is 2.68. The largest absolute Gasteiger partial charge is 0.289 e. The molecule has 1 aliphatic carbocycles. The molecule has 0 aliphatic heterocycles. The molecule has 2 aromatic rings. The molecular formula is C17H15IO. The fraction of sp³-hybridized carbons (Fsp3) is 0.235. The highest BCUT2D eigenvalue weighted by atomic mass is 127. The van der Waals surface area contributed by atoms with Crippen molar-refractivity contribution in [2.45, 2.75) is 25.7 Å². The molecule has 19 heavy (non-hydrogen) atoms. The second-order valence-corrected chi connectivity index (χ2v) is 6.16. The number of hydrogen-bond acceptors (Lipinski definition) is 1. The van der Waals surface area contributed by atoms with Crippen LogP contribution in [0.4, 0.5) is 0 Å². The molecule has 0 heterocycles. The topological polar surface area (TPSA) is 17.1 Å². The average molecular weight is 362 g/mol. The van der Waals surface area contributed by atoms with Crippen molar-refractivity contribution in [1.82, 2.24) is 0 Å². The van der Waals surface area contributed by atoms with Gasteiger partial charge in [0.05, 0.1) is 0 Å². The molecule has 0 spiro atoms. The first-order chi connectivity index (χ1) is 9.25. The van der Waals surface area contributed by atoms with Crippen LogP contribution in [-0.4, -0.2) is 5.78 Å². The molecule has 0 aromatic heterocycles. The van der Waals surface area contributed by atoms with Crippen LogP contribution in [0.3, 0.4) is 0 Å². The molecule has 96 valence electrons. The second kappa shape index (κ2) is 5.45. The first kappa shape index (κ1) is 12.9. The van der Waals surface area contributed by atoms with E-state index in [0.717, 1.165) is 27.5 Å². The quantitative estimate of drug-likeness (QED) is 0.572. The highest BCUT2D eigenvalue weighted by Gasteiger charge is 2.15. The summed E-state index contributed by atoms with van der Waals surface area (Å²) in [5.41, 5.74) is 4.41. The highest BCUT2D eigenvalue weighted by Crippen LogP contribution is 2.24. The van der Waals surface area contributed by atoms with Crippen molar-refractivity contribution in [3.8, 4) is 0 Å². The van der Waals surface area contributed by atoms with Gasteiger partial charge in [-0.25, -0.2) is 0 Å². The van der Waals surface area contributed by atoms with Crippen molar-refractivity contribution in [3.05, 3.63) is 68.3 Å². The third-order valence-corrected chi connectivity index (χ3v) is 4.67. The summed E-state index contributed by atoms with van der Waals surface area (Å²) in [7, 11) is 0. The van der Waals surface area contributed by atoms with Gasteiger partial charge in [0, 0.05) is 14.7 Å². The van der Waals surface area contributed by atoms with Crippen LogP contribution in [0.15, 0.2) is 42.5 Å². The van der Waals surface area contributed by atoms with Gasteiger partial charge in [-0.2, -0.15) is 0 Å². The van der Waals surface area contributed by atoms with Gasteiger partial charge >= 0.3 is 0 Å². The van der Waals surface area contributed by atoms with E-state index in [9.17, 15) is 4.79 Å². The van der Waals surface area contributed by atoms with Crippen molar-refractivity contribution in [1.29, 1.82) is 0 Å². The Balaban J connectivity index is 1.98. The van der Waals surface area contributed by atoms with E-state index in [1.165, 1.54) is 24.0 Å². The molecule has 0 saturated heterocycles. The Morgan fingerprint density at radius 3 is 2.47 bits per heavy atom. The summed E-state index contributed by atoms with van der Waals surface area (Å²) in [4.78, 5) is 12.5. The molecule has 2 aromatic carbocycles. The van der Waals surface area contributed by atoms with Crippen LogP contribution < -0.4 is 0 Å². The van der Waals surface area contributed by atoms with E-state index in [4.69, 9.17) is 0 Å². The summed E-state index contributed by atoms with van der Waals surface area (Å²) in [5.74, 6) is 0.137. The number of benzene rings is 2. The number of hydrogen-bond donors (Lipinski definition) is 0. The molecule has 2 heteroatoms. The Morgan fingerprint density at radius 2 is 1.68 bits per heavy atom. The third kappa shape index (κ3) is 2.59. The van der Waals surface area contributed by atoms with Gasteiger partial charge in [0.15, 0.2) is 5.78 Å². The van der Waals surface area contributed by atoms with Crippen LogP contribution in [0.2, 0.25) is 0 Å². The van der Waals surface area contributed by atoms with Crippen LogP contribution in [-0.2, 0) is 12.8 Å². The molecule has 0 saturated carbocycles. The lowest BCUT2D eigenvalue weighted by Gasteiger charge is -2.16. The van der Waals surface area contributed by atoms with Crippen LogP contribution >= 0.6 is 22.6 Å². The first-order valence-corrected chi connectivity index (χ1v) is 7.74. The van der Waals surface area contributed by atoms with Crippen LogP contribution in [0, 0.1) is 3.57 Å².